The molecule has 1 unspecified atom stereocenters. The van der Waals surface area contributed by atoms with Gasteiger partial charge in [0.2, 0.25) is 0 Å². The van der Waals surface area contributed by atoms with Gasteiger partial charge in [-0.3, -0.25) is 15.1 Å². The summed E-state index contributed by atoms with van der Waals surface area (Å²) >= 11 is 0. The number of carbonyl (C=O) groups excluding carboxylic acids is 2. The van der Waals surface area contributed by atoms with Gasteiger partial charge in [0, 0.05) is 43.2 Å². The molecule has 2 rings (SSSR count). The van der Waals surface area contributed by atoms with Crippen molar-refractivity contribution in [3.8, 4) is 0 Å². The summed E-state index contributed by atoms with van der Waals surface area (Å²) in [5.41, 5.74) is 2.61. The molecule has 7 nitrogen and oxygen atoms in total. The number of rotatable bonds is 6. The maximum Gasteiger partial charge on any atom is 0.412 e. The number of hydrogen-bond acceptors (Lipinski definition) is 5. The summed E-state index contributed by atoms with van der Waals surface area (Å²) < 4.78 is 5.32. The van der Waals surface area contributed by atoms with E-state index in [9.17, 15) is 9.59 Å². The molecule has 0 aliphatic rings. The van der Waals surface area contributed by atoms with Crippen LogP contribution in [0.5, 0.6) is 0 Å². The van der Waals surface area contributed by atoms with Gasteiger partial charge in [-0.05, 0) is 51.5 Å². The van der Waals surface area contributed by atoms with Crippen molar-refractivity contribution in [2.45, 2.75) is 45.9 Å². The number of aromatic nitrogens is 1. The lowest BCUT2D eigenvalue weighted by molar-refractivity contribution is 0.0635. The van der Waals surface area contributed by atoms with Crippen LogP contribution in [0.4, 0.5) is 10.5 Å². The predicted molar refractivity (Wildman–Crippen MR) is 109 cm³/mol. The minimum absolute atomic E-state index is 0.0581. The largest absolute Gasteiger partial charge is 0.444 e. The zero-order chi connectivity index (χ0) is 20.7. The van der Waals surface area contributed by atoms with Crippen molar-refractivity contribution in [1.82, 2.24) is 15.6 Å². The van der Waals surface area contributed by atoms with Crippen LogP contribution in [0.2, 0.25) is 0 Å². The topological polar surface area (TPSA) is 92.4 Å². The van der Waals surface area contributed by atoms with Gasteiger partial charge >= 0.3 is 6.09 Å². The summed E-state index contributed by atoms with van der Waals surface area (Å²) in [5.74, 6) is -0.110. The van der Waals surface area contributed by atoms with Crippen molar-refractivity contribution in [3.63, 3.8) is 0 Å². The summed E-state index contributed by atoms with van der Waals surface area (Å²) in [6, 6.07) is 9.09. The van der Waals surface area contributed by atoms with Gasteiger partial charge in [0.1, 0.15) is 5.60 Å². The second-order valence-corrected chi connectivity index (χ2v) is 7.47. The summed E-state index contributed by atoms with van der Waals surface area (Å²) in [4.78, 5) is 27.9. The number of hydrogen-bond donors (Lipinski definition) is 3. The highest BCUT2D eigenvalue weighted by Crippen LogP contribution is 2.23. The van der Waals surface area contributed by atoms with E-state index in [0.29, 0.717) is 17.8 Å². The van der Waals surface area contributed by atoms with Crippen LogP contribution in [-0.2, 0) is 11.3 Å². The quantitative estimate of drug-likeness (QED) is 0.707. The average Bonchev–Trinajstić information content (AvgIpc) is 2.64. The predicted octanol–water partition coefficient (Wildman–Crippen LogP) is 3.64. The Balaban J connectivity index is 2.01. The number of benzene rings is 1. The lowest BCUT2D eigenvalue weighted by Gasteiger charge is -2.22. The van der Waals surface area contributed by atoms with E-state index in [4.69, 9.17) is 4.74 Å². The van der Waals surface area contributed by atoms with Gasteiger partial charge in [0.15, 0.2) is 0 Å². The van der Waals surface area contributed by atoms with Crippen LogP contribution < -0.4 is 16.0 Å². The van der Waals surface area contributed by atoms with Gasteiger partial charge in [0.05, 0.1) is 5.69 Å². The average molecular weight is 384 g/mol. The number of nitrogens with zero attached hydrogens (tertiary/aromatic N) is 1. The fourth-order valence-corrected chi connectivity index (χ4v) is 2.58. The van der Waals surface area contributed by atoms with Crippen LogP contribution in [-0.4, -0.2) is 29.6 Å². The van der Waals surface area contributed by atoms with Crippen LogP contribution in [0, 0.1) is 0 Å². The molecule has 0 spiro atoms. The smallest absolute Gasteiger partial charge is 0.412 e. The first-order valence-corrected chi connectivity index (χ1v) is 9.18. The van der Waals surface area contributed by atoms with E-state index in [2.05, 4.69) is 20.9 Å². The first kappa shape index (κ1) is 21.4. The third kappa shape index (κ3) is 6.35. The minimum atomic E-state index is -0.567. The maximum absolute atomic E-state index is 12.1. The molecule has 150 valence electrons. The van der Waals surface area contributed by atoms with Crippen LogP contribution >= 0.6 is 0 Å². The molecule has 7 heteroatoms. The summed E-state index contributed by atoms with van der Waals surface area (Å²) in [5, 5.41) is 8.80. The number of pyridine rings is 1. The van der Waals surface area contributed by atoms with E-state index in [1.165, 1.54) is 0 Å². The Bertz CT molecular complexity index is 813. The van der Waals surface area contributed by atoms with Gasteiger partial charge in [-0.15, -0.1) is 0 Å². The monoisotopic (exact) mass is 384 g/mol. The third-order valence-electron chi connectivity index (χ3n) is 4.01. The van der Waals surface area contributed by atoms with E-state index >= 15 is 0 Å². The Morgan fingerprint density at radius 3 is 2.43 bits per heavy atom. The highest BCUT2D eigenvalue weighted by molar-refractivity contribution is 5.93. The zero-order valence-corrected chi connectivity index (χ0v) is 17.0. The number of anilines is 1. The minimum Gasteiger partial charge on any atom is -0.444 e. The number of ether oxygens (including phenoxy) is 1. The Morgan fingerprint density at radius 2 is 1.82 bits per heavy atom. The first-order valence-electron chi connectivity index (χ1n) is 9.18. The summed E-state index contributed by atoms with van der Waals surface area (Å²) in [7, 11) is 1.61. The fourth-order valence-electron chi connectivity index (χ4n) is 2.58. The molecule has 0 radical (unpaired) electrons. The van der Waals surface area contributed by atoms with Crippen molar-refractivity contribution in [2.75, 3.05) is 12.4 Å². The molecule has 1 aromatic carbocycles. The van der Waals surface area contributed by atoms with Crippen LogP contribution in [0.25, 0.3) is 0 Å². The van der Waals surface area contributed by atoms with Gasteiger partial charge in [-0.2, -0.15) is 0 Å². The molecule has 1 aromatic heterocycles. The standard InChI is InChI=1S/C21H28N4O3/c1-14(24-12-15-6-8-16(9-7-15)19(26)22-5)17-13-23-11-10-18(17)25-20(27)28-21(2,3)4/h6-11,13-14,24H,12H2,1-5H3,(H,22,26)(H,23,25,27). The van der Waals surface area contributed by atoms with Gasteiger partial charge in [-0.25, -0.2) is 4.79 Å². The van der Waals surface area contributed by atoms with Crippen molar-refractivity contribution in [2.24, 2.45) is 0 Å². The molecule has 0 saturated carbocycles. The SMILES string of the molecule is CNC(=O)c1ccc(CNC(C)c2cnccc2NC(=O)OC(C)(C)C)cc1. The van der Waals surface area contributed by atoms with Crippen LogP contribution in [0.15, 0.2) is 42.7 Å². The van der Waals surface area contributed by atoms with Crippen molar-refractivity contribution in [1.29, 1.82) is 0 Å². The van der Waals surface area contributed by atoms with E-state index in [1.807, 2.05) is 39.8 Å². The molecule has 2 aromatic rings. The molecular formula is C21H28N4O3. The molecule has 0 bridgehead atoms. The van der Waals surface area contributed by atoms with Gasteiger partial charge in [0.25, 0.3) is 5.91 Å². The molecule has 0 saturated heterocycles. The zero-order valence-electron chi connectivity index (χ0n) is 17.0. The van der Waals surface area contributed by atoms with E-state index in [-0.39, 0.29) is 11.9 Å². The van der Waals surface area contributed by atoms with E-state index in [0.717, 1.165) is 11.1 Å². The van der Waals surface area contributed by atoms with E-state index < -0.39 is 11.7 Å². The molecule has 0 fully saturated rings. The maximum atomic E-state index is 12.1. The molecular weight excluding hydrogens is 356 g/mol. The first-order chi connectivity index (χ1) is 13.2. The highest BCUT2D eigenvalue weighted by Gasteiger charge is 2.18. The molecule has 0 aliphatic heterocycles. The Labute approximate surface area is 165 Å². The Hall–Kier alpha value is -2.93. The molecule has 1 heterocycles. The molecule has 3 N–H and O–H groups in total. The second kappa shape index (κ2) is 9.32. The van der Waals surface area contributed by atoms with Crippen molar-refractivity contribution >= 4 is 17.7 Å². The number of amides is 2. The van der Waals surface area contributed by atoms with Crippen LogP contribution in [0.3, 0.4) is 0 Å². The summed E-state index contributed by atoms with van der Waals surface area (Å²) in [6.45, 7) is 8.06. The molecule has 0 aliphatic carbocycles. The highest BCUT2D eigenvalue weighted by atomic mass is 16.6. The van der Waals surface area contributed by atoms with E-state index in [1.54, 1.807) is 37.6 Å². The Morgan fingerprint density at radius 1 is 1.14 bits per heavy atom. The summed E-state index contributed by atoms with van der Waals surface area (Å²) in [6.07, 6.45) is 2.84. The van der Waals surface area contributed by atoms with Crippen LogP contribution in [0.1, 0.15) is 55.2 Å². The Kier molecular flexibility index (Phi) is 7.12. The molecule has 28 heavy (non-hydrogen) atoms. The van der Waals surface area contributed by atoms with Gasteiger partial charge < -0.3 is 15.4 Å². The number of nitrogens with one attached hydrogen (secondary N) is 3. The van der Waals surface area contributed by atoms with Crippen molar-refractivity contribution < 1.29 is 14.3 Å². The fraction of sp³-hybridized carbons (Fsp3) is 0.381. The third-order valence-corrected chi connectivity index (χ3v) is 4.01. The molecule has 2 amide bonds. The van der Waals surface area contributed by atoms with Gasteiger partial charge in [-0.1, -0.05) is 12.1 Å². The number of carbonyl (C=O) groups is 2. The van der Waals surface area contributed by atoms with Crippen molar-refractivity contribution in [3.05, 3.63) is 59.4 Å². The normalized spacial score (nSPS) is 12.2. The lowest BCUT2D eigenvalue weighted by atomic mass is 10.1. The second-order valence-electron chi connectivity index (χ2n) is 7.47. The molecule has 1 atom stereocenters. The lowest BCUT2D eigenvalue weighted by Crippen LogP contribution is -2.28.